The number of aromatic nitrogens is 1. The van der Waals surface area contributed by atoms with Gasteiger partial charge in [0.15, 0.2) is 0 Å². The van der Waals surface area contributed by atoms with Crippen LogP contribution in [0.5, 0.6) is 0 Å². The van der Waals surface area contributed by atoms with Crippen molar-refractivity contribution in [2.24, 2.45) is 29.2 Å². The van der Waals surface area contributed by atoms with Gasteiger partial charge in [0.25, 0.3) is 0 Å². The molecule has 1 heterocycles. The number of nitrogens with two attached hydrogens (primary N) is 2. The van der Waals surface area contributed by atoms with Crippen molar-refractivity contribution < 1.29 is 63.3 Å². The molecule has 0 saturated carbocycles. The van der Waals surface area contributed by atoms with Gasteiger partial charge in [0.05, 0.1) is 12.7 Å². The van der Waals surface area contributed by atoms with Crippen LogP contribution in [-0.4, -0.2) is 159 Å². The first kappa shape index (κ1) is 63.8. The van der Waals surface area contributed by atoms with E-state index in [4.69, 9.17) is 11.5 Å². The quantitative estimate of drug-likeness (QED) is 0.0389. The Morgan fingerprint density at radius 1 is 0.635 bits per heavy atom. The lowest BCUT2D eigenvalue weighted by atomic mass is 9.96. The summed E-state index contributed by atoms with van der Waals surface area (Å²) in [5.74, 6) is -9.44. The number of amides is 9. The first-order valence-corrected chi connectivity index (χ1v) is 26.2. The van der Waals surface area contributed by atoms with Crippen molar-refractivity contribution in [3.63, 3.8) is 0 Å². The van der Waals surface area contributed by atoms with Crippen LogP contribution in [0.3, 0.4) is 0 Å². The number of rotatable bonds is 33. The number of carbonyl (C=O) groups excluding carboxylic acids is 9. The number of benzene rings is 1. The lowest BCUT2D eigenvalue weighted by Crippen LogP contribution is -2.62. The number of para-hydroxylation sites is 1. The van der Waals surface area contributed by atoms with Gasteiger partial charge in [-0.2, -0.15) is 11.8 Å². The van der Waals surface area contributed by atoms with E-state index < -0.39 is 139 Å². The predicted octanol–water partition coefficient (Wildman–Crippen LogP) is -1.45. The van der Waals surface area contributed by atoms with Crippen molar-refractivity contribution in [1.82, 2.24) is 47.5 Å². The molecule has 0 aliphatic carbocycles. The van der Waals surface area contributed by atoms with Crippen molar-refractivity contribution in [2.45, 2.75) is 161 Å². The molecule has 0 bridgehead atoms. The Hall–Kier alpha value is -6.31. The first-order valence-electron chi connectivity index (χ1n) is 24.8. The van der Waals surface area contributed by atoms with Gasteiger partial charge in [0.1, 0.15) is 54.4 Å². The number of primary amides is 1. The highest BCUT2D eigenvalue weighted by molar-refractivity contribution is 7.98. The van der Waals surface area contributed by atoms with E-state index in [1.807, 2.05) is 45.9 Å². The molecular weight excluding hydrogens is 983 g/mol. The number of aromatic amines is 1. The number of H-pyrrole nitrogens is 1. The van der Waals surface area contributed by atoms with Crippen molar-refractivity contribution >= 4 is 81.8 Å². The summed E-state index contributed by atoms with van der Waals surface area (Å²) in [5.41, 5.74) is 12.3. The standard InChI is InChI=1S/C49H79N11O13S/c1-10-26(6)39(47(70)60-40(28(8)62)48(71)55-33(15-16-38(51)63)42(65)53-27(7)49(72)73)59-46(69)37(21-29-22-52-32-14-12-11-13-30(29)32)58-43(66)34(17-18-74-9)54-44(67)36(20-25(4)5)57-45(68)35(19-24(2)3)56-41(64)31(50)23-61/h11-14,22,24-28,31,33-37,39-40,52,61-62H,10,15-21,23,50H2,1-9H3,(H2,51,63)(H,53,65)(H,54,67)(H,55,71)(H,56,64)(H,57,68)(H,58,66)(H,59,69)(H,60,70)(H,72,73)/t26-,27-,28+,31-,33-,34-,35-,36-,37-,39-,40-/m0/s1. The highest BCUT2D eigenvalue weighted by Crippen LogP contribution is 2.20. The zero-order valence-electron chi connectivity index (χ0n) is 43.7. The fourth-order valence-electron chi connectivity index (χ4n) is 7.62. The van der Waals surface area contributed by atoms with Gasteiger partial charge in [-0.05, 0) is 80.9 Å². The maximum atomic E-state index is 14.6. The number of carboxylic acids is 1. The molecule has 1 aromatic heterocycles. The number of hydrogen-bond donors (Lipinski definition) is 14. The van der Waals surface area contributed by atoms with Crippen LogP contribution in [0.2, 0.25) is 0 Å². The van der Waals surface area contributed by atoms with Crippen LogP contribution in [0, 0.1) is 17.8 Å². The van der Waals surface area contributed by atoms with Crippen molar-refractivity contribution in [1.29, 1.82) is 0 Å². The second-order valence-corrected chi connectivity index (χ2v) is 20.4. The maximum Gasteiger partial charge on any atom is 0.325 e. The van der Waals surface area contributed by atoms with Gasteiger partial charge in [0, 0.05) is 29.9 Å². The Morgan fingerprint density at radius 2 is 1.11 bits per heavy atom. The molecule has 0 radical (unpaired) electrons. The van der Waals surface area contributed by atoms with Crippen LogP contribution in [0.25, 0.3) is 10.9 Å². The molecule has 1 aromatic carbocycles. The van der Waals surface area contributed by atoms with Crippen LogP contribution in [0.15, 0.2) is 30.5 Å². The van der Waals surface area contributed by atoms with Gasteiger partial charge in [-0.1, -0.05) is 66.2 Å². The second-order valence-electron chi connectivity index (χ2n) is 19.4. The summed E-state index contributed by atoms with van der Waals surface area (Å²) in [4.78, 5) is 137. The van der Waals surface area contributed by atoms with Crippen molar-refractivity contribution in [3.8, 4) is 0 Å². The second kappa shape index (κ2) is 31.4. The average molecular weight is 1060 g/mol. The molecule has 0 fully saturated rings. The number of carboxylic acid groups (broad SMARTS) is 1. The fourth-order valence-corrected chi connectivity index (χ4v) is 8.09. The van der Waals surface area contributed by atoms with E-state index in [1.54, 1.807) is 32.4 Å². The molecule has 24 nitrogen and oxygen atoms in total. The van der Waals surface area contributed by atoms with Gasteiger partial charge in [0.2, 0.25) is 53.2 Å². The third-order valence-electron chi connectivity index (χ3n) is 12.1. The van der Waals surface area contributed by atoms with Gasteiger partial charge >= 0.3 is 5.97 Å². The normalized spacial score (nSPS) is 15.9. The predicted molar refractivity (Wildman–Crippen MR) is 277 cm³/mol. The largest absolute Gasteiger partial charge is 0.480 e. The van der Waals surface area contributed by atoms with E-state index >= 15 is 0 Å². The highest BCUT2D eigenvalue weighted by Gasteiger charge is 2.37. The molecule has 2 rings (SSSR count). The Bertz CT molecular complexity index is 2240. The number of carbonyl (C=O) groups is 10. The SMILES string of the molecule is CC[C@H](C)[C@H](NC(=O)[C@H](Cc1c[nH]c2ccccc12)NC(=O)[C@H](CCSC)NC(=O)[C@H](CC(C)C)NC(=O)[C@H](CC(C)C)NC(=O)[C@@H](N)CO)C(=O)N[C@H](C(=O)N[C@@H](CCC(N)=O)C(=O)N[C@@H](C)C(=O)O)[C@@H](C)O. The molecule has 0 unspecified atom stereocenters. The summed E-state index contributed by atoms with van der Waals surface area (Å²) >= 11 is 1.39. The van der Waals surface area contributed by atoms with Gasteiger partial charge in [-0.3, -0.25) is 47.9 Å². The molecule has 0 saturated heterocycles. The monoisotopic (exact) mass is 1060 g/mol. The van der Waals surface area contributed by atoms with Crippen LogP contribution < -0.4 is 54.0 Å². The molecule has 2 aromatic rings. The van der Waals surface area contributed by atoms with Crippen LogP contribution >= 0.6 is 11.8 Å². The van der Waals surface area contributed by atoms with Gasteiger partial charge in [-0.15, -0.1) is 0 Å². The topological polar surface area (TPSA) is 395 Å². The highest BCUT2D eigenvalue weighted by atomic mass is 32.2. The van der Waals surface area contributed by atoms with E-state index in [0.717, 1.165) is 10.9 Å². The Kier molecular flexibility index (Phi) is 27.1. The van der Waals surface area contributed by atoms with E-state index in [9.17, 15) is 63.3 Å². The number of fused-ring (bicyclic) bond motifs is 1. The Balaban J connectivity index is 2.54. The van der Waals surface area contributed by atoms with Crippen molar-refractivity contribution in [3.05, 3.63) is 36.0 Å². The van der Waals surface area contributed by atoms with E-state index in [0.29, 0.717) is 17.7 Å². The average Bonchev–Trinajstić information content (AvgIpc) is 3.75. The summed E-state index contributed by atoms with van der Waals surface area (Å²) in [6, 6.07) is -5.06. The molecule has 74 heavy (non-hydrogen) atoms. The zero-order valence-corrected chi connectivity index (χ0v) is 44.6. The third kappa shape index (κ3) is 20.9. The summed E-state index contributed by atoms with van der Waals surface area (Å²) in [6.45, 7) is 12.4. The number of aliphatic hydroxyl groups is 2. The zero-order chi connectivity index (χ0) is 56.0. The summed E-state index contributed by atoms with van der Waals surface area (Å²) < 4.78 is 0. The molecule has 0 aliphatic rings. The van der Waals surface area contributed by atoms with Crippen molar-refractivity contribution in [2.75, 3.05) is 18.6 Å². The van der Waals surface area contributed by atoms with Crippen LogP contribution in [0.4, 0.5) is 0 Å². The molecule has 11 atom stereocenters. The minimum Gasteiger partial charge on any atom is -0.480 e. The van der Waals surface area contributed by atoms with Gasteiger partial charge < -0.3 is 74.3 Å². The Labute approximate surface area is 435 Å². The van der Waals surface area contributed by atoms with Crippen LogP contribution in [-0.2, 0) is 54.4 Å². The van der Waals surface area contributed by atoms with Crippen LogP contribution in [0.1, 0.15) is 99.5 Å². The number of thioether (sulfide) groups is 1. The van der Waals surface area contributed by atoms with Gasteiger partial charge in [-0.25, -0.2) is 0 Å². The molecule has 414 valence electrons. The number of hydrogen-bond acceptors (Lipinski definition) is 14. The molecule has 9 amide bonds. The summed E-state index contributed by atoms with van der Waals surface area (Å²) in [6.07, 6.45) is 1.69. The number of aliphatic hydroxyl groups excluding tert-OH is 2. The maximum absolute atomic E-state index is 14.6. The number of nitrogens with one attached hydrogen (secondary N) is 9. The molecule has 25 heteroatoms. The number of aliphatic carboxylic acids is 1. The minimum atomic E-state index is -1.75. The molecule has 16 N–H and O–H groups in total. The Morgan fingerprint density at radius 3 is 1.64 bits per heavy atom. The van der Waals surface area contributed by atoms with E-state index in [1.165, 1.54) is 25.6 Å². The van der Waals surface area contributed by atoms with E-state index in [-0.39, 0.29) is 43.9 Å². The minimum absolute atomic E-state index is 0.0793. The smallest absolute Gasteiger partial charge is 0.325 e. The lowest BCUT2D eigenvalue weighted by Gasteiger charge is -2.30. The third-order valence-corrected chi connectivity index (χ3v) is 12.7. The molecular formula is C49H79N11O13S. The molecule has 0 spiro atoms. The molecule has 0 aliphatic heterocycles. The summed E-state index contributed by atoms with van der Waals surface area (Å²) in [5, 5.41) is 50.7. The first-order chi connectivity index (χ1) is 34.7. The summed E-state index contributed by atoms with van der Waals surface area (Å²) in [7, 11) is 0. The lowest BCUT2D eigenvalue weighted by molar-refractivity contribution is -0.142. The fraction of sp³-hybridized carbons (Fsp3) is 0.633. The van der Waals surface area contributed by atoms with E-state index in [2.05, 4.69) is 47.5 Å².